The second kappa shape index (κ2) is 5.07. The van der Waals surface area contributed by atoms with Crippen LogP contribution in [0.3, 0.4) is 0 Å². The molecule has 1 aromatic rings. The molecule has 0 aliphatic rings. The number of alkyl halides is 3. The van der Waals surface area contributed by atoms with Crippen LogP contribution in [0.2, 0.25) is 0 Å². The molecular weight excluding hydrogens is 233 g/mol. The normalized spacial score (nSPS) is 11.3. The van der Waals surface area contributed by atoms with Crippen LogP contribution in [0, 0.1) is 0 Å². The lowest BCUT2D eigenvalue weighted by Crippen LogP contribution is -2.40. The smallest absolute Gasteiger partial charge is 0.399 e. The lowest BCUT2D eigenvalue weighted by molar-refractivity contribution is -0.185. The van der Waals surface area contributed by atoms with E-state index in [1.807, 2.05) is 0 Å². The second-order valence-corrected chi connectivity index (χ2v) is 3.56. The summed E-state index contributed by atoms with van der Waals surface area (Å²) in [6, 6.07) is 6.44. The van der Waals surface area contributed by atoms with Crippen molar-refractivity contribution >= 4 is 11.6 Å². The predicted octanol–water partition coefficient (Wildman–Crippen LogP) is 2.18. The third-order valence-electron chi connectivity index (χ3n) is 2.24. The molecule has 0 atom stereocenters. The molecular formula is C11H13F3N2O. The average Bonchev–Trinajstić information content (AvgIpc) is 2.24. The van der Waals surface area contributed by atoms with Crippen LogP contribution in [-0.2, 0) is 11.3 Å². The molecule has 0 spiro atoms. The molecule has 0 radical (unpaired) electrons. The zero-order valence-corrected chi connectivity index (χ0v) is 9.29. The Morgan fingerprint density at radius 3 is 2.53 bits per heavy atom. The largest absolute Gasteiger partial charge is 0.471 e. The molecule has 2 N–H and O–H groups in total. The van der Waals surface area contributed by atoms with E-state index in [0.29, 0.717) is 11.3 Å². The molecule has 0 bridgehead atoms. The Kier molecular flexibility index (Phi) is 3.98. The highest BCUT2D eigenvalue weighted by atomic mass is 19.4. The number of nitrogens with zero attached hydrogens (tertiary/aromatic N) is 1. The number of carbonyl (C=O) groups excluding carboxylic acids is 1. The number of nitrogen functional groups attached to an aromatic ring is 1. The molecule has 0 unspecified atom stereocenters. The van der Waals surface area contributed by atoms with Gasteiger partial charge in [0, 0.05) is 18.8 Å². The predicted molar refractivity (Wildman–Crippen MR) is 58.0 cm³/mol. The lowest BCUT2D eigenvalue weighted by atomic mass is 10.2. The fraction of sp³-hybridized carbons (Fsp3) is 0.364. The van der Waals surface area contributed by atoms with E-state index in [4.69, 9.17) is 5.73 Å². The first-order chi connectivity index (χ1) is 7.84. The van der Waals surface area contributed by atoms with E-state index < -0.39 is 12.1 Å². The van der Waals surface area contributed by atoms with Gasteiger partial charge in [-0.05, 0) is 24.6 Å². The number of hydrogen-bond acceptors (Lipinski definition) is 2. The molecule has 6 heteroatoms. The Hall–Kier alpha value is -1.72. The first kappa shape index (κ1) is 13.3. The number of rotatable bonds is 3. The molecule has 0 heterocycles. The van der Waals surface area contributed by atoms with Crippen molar-refractivity contribution in [2.75, 3.05) is 12.3 Å². The summed E-state index contributed by atoms with van der Waals surface area (Å²) < 4.78 is 36.8. The molecule has 0 saturated heterocycles. The van der Waals surface area contributed by atoms with Gasteiger partial charge in [-0.1, -0.05) is 12.1 Å². The van der Waals surface area contributed by atoms with Crippen LogP contribution < -0.4 is 5.73 Å². The topological polar surface area (TPSA) is 46.3 Å². The van der Waals surface area contributed by atoms with Gasteiger partial charge < -0.3 is 10.6 Å². The van der Waals surface area contributed by atoms with Crippen molar-refractivity contribution in [2.45, 2.75) is 19.6 Å². The van der Waals surface area contributed by atoms with E-state index in [9.17, 15) is 18.0 Å². The van der Waals surface area contributed by atoms with Gasteiger partial charge in [0.2, 0.25) is 0 Å². The van der Waals surface area contributed by atoms with Gasteiger partial charge in [-0.25, -0.2) is 0 Å². The highest BCUT2D eigenvalue weighted by molar-refractivity contribution is 5.81. The van der Waals surface area contributed by atoms with Crippen LogP contribution in [0.5, 0.6) is 0 Å². The van der Waals surface area contributed by atoms with Gasteiger partial charge in [0.15, 0.2) is 0 Å². The summed E-state index contributed by atoms with van der Waals surface area (Å²) in [5, 5.41) is 0. The van der Waals surface area contributed by atoms with Gasteiger partial charge in [-0.3, -0.25) is 4.79 Å². The Morgan fingerprint density at radius 1 is 1.41 bits per heavy atom. The van der Waals surface area contributed by atoms with E-state index in [1.54, 1.807) is 24.3 Å². The summed E-state index contributed by atoms with van der Waals surface area (Å²) in [5.74, 6) is -1.83. The Morgan fingerprint density at radius 2 is 2.06 bits per heavy atom. The maximum Gasteiger partial charge on any atom is 0.471 e. The van der Waals surface area contributed by atoms with Crippen molar-refractivity contribution in [3.8, 4) is 0 Å². The number of anilines is 1. The van der Waals surface area contributed by atoms with Crippen LogP contribution in [0.4, 0.5) is 18.9 Å². The summed E-state index contributed by atoms with van der Waals surface area (Å²) in [4.78, 5) is 11.8. The van der Waals surface area contributed by atoms with Gasteiger partial charge in [-0.15, -0.1) is 0 Å². The van der Waals surface area contributed by atoms with Crippen molar-refractivity contribution in [2.24, 2.45) is 0 Å². The molecule has 0 aliphatic heterocycles. The molecule has 17 heavy (non-hydrogen) atoms. The fourth-order valence-electron chi connectivity index (χ4n) is 1.42. The number of hydrogen-bond donors (Lipinski definition) is 1. The van der Waals surface area contributed by atoms with Crippen LogP contribution in [0.15, 0.2) is 24.3 Å². The molecule has 0 aromatic heterocycles. The van der Waals surface area contributed by atoms with E-state index in [0.717, 1.165) is 4.90 Å². The molecule has 1 aromatic carbocycles. The van der Waals surface area contributed by atoms with E-state index >= 15 is 0 Å². The fourth-order valence-corrected chi connectivity index (χ4v) is 1.42. The lowest BCUT2D eigenvalue weighted by Gasteiger charge is -2.22. The third-order valence-corrected chi connectivity index (χ3v) is 2.24. The summed E-state index contributed by atoms with van der Waals surface area (Å²) in [6.07, 6.45) is -4.84. The molecule has 3 nitrogen and oxygen atoms in total. The number of nitrogens with two attached hydrogens (primary N) is 1. The van der Waals surface area contributed by atoms with Crippen molar-refractivity contribution in [3.05, 3.63) is 29.8 Å². The van der Waals surface area contributed by atoms with Gasteiger partial charge in [-0.2, -0.15) is 13.2 Å². The minimum Gasteiger partial charge on any atom is -0.399 e. The molecule has 0 saturated carbocycles. The number of carbonyl (C=O) groups is 1. The minimum atomic E-state index is -4.84. The first-order valence-corrected chi connectivity index (χ1v) is 5.05. The third kappa shape index (κ3) is 3.65. The molecule has 0 fully saturated rings. The van der Waals surface area contributed by atoms with Crippen molar-refractivity contribution < 1.29 is 18.0 Å². The molecule has 0 aliphatic carbocycles. The highest BCUT2D eigenvalue weighted by Crippen LogP contribution is 2.20. The van der Waals surface area contributed by atoms with Crippen LogP contribution in [0.1, 0.15) is 12.5 Å². The monoisotopic (exact) mass is 246 g/mol. The van der Waals surface area contributed by atoms with E-state index in [1.165, 1.54) is 6.92 Å². The van der Waals surface area contributed by atoms with Crippen LogP contribution in [-0.4, -0.2) is 23.5 Å². The van der Waals surface area contributed by atoms with Gasteiger partial charge >= 0.3 is 12.1 Å². The van der Waals surface area contributed by atoms with E-state index in [2.05, 4.69) is 0 Å². The number of halogens is 3. The quantitative estimate of drug-likeness (QED) is 0.831. The Labute approximate surface area is 97.0 Å². The van der Waals surface area contributed by atoms with Crippen LogP contribution in [0.25, 0.3) is 0 Å². The Balaban J connectivity index is 2.81. The number of benzene rings is 1. The zero-order valence-electron chi connectivity index (χ0n) is 9.29. The van der Waals surface area contributed by atoms with Crippen molar-refractivity contribution in [1.29, 1.82) is 0 Å². The minimum absolute atomic E-state index is 0.00680. The number of amides is 1. The maximum absolute atomic E-state index is 12.3. The van der Waals surface area contributed by atoms with Gasteiger partial charge in [0.25, 0.3) is 0 Å². The summed E-state index contributed by atoms with van der Waals surface area (Å²) in [7, 11) is 0. The van der Waals surface area contributed by atoms with Gasteiger partial charge in [0.1, 0.15) is 0 Å². The Bertz CT molecular complexity index is 404. The second-order valence-electron chi connectivity index (χ2n) is 3.56. The summed E-state index contributed by atoms with van der Waals surface area (Å²) >= 11 is 0. The standard InChI is InChI=1S/C11H13F3N2O/c1-2-16(10(17)11(12,13)14)7-8-4-3-5-9(15)6-8/h3-6H,2,7,15H2,1H3. The van der Waals surface area contributed by atoms with Crippen molar-refractivity contribution in [3.63, 3.8) is 0 Å². The molecule has 1 amide bonds. The first-order valence-electron chi connectivity index (χ1n) is 5.05. The van der Waals surface area contributed by atoms with E-state index in [-0.39, 0.29) is 13.1 Å². The van der Waals surface area contributed by atoms with Crippen LogP contribution >= 0.6 is 0 Å². The highest BCUT2D eigenvalue weighted by Gasteiger charge is 2.41. The molecule has 94 valence electrons. The average molecular weight is 246 g/mol. The van der Waals surface area contributed by atoms with Crippen molar-refractivity contribution in [1.82, 2.24) is 4.90 Å². The maximum atomic E-state index is 12.3. The van der Waals surface area contributed by atoms with Gasteiger partial charge in [0.05, 0.1) is 0 Å². The summed E-state index contributed by atoms with van der Waals surface area (Å²) in [6.45, 7) is 1.39. The zero-order chi connectivity index (χ0) is 13.1. The molecule has 1 rings (SSSR count). The summed E-state index contributed by atoms with van der Waals surface area (Å²) in [5.41, 5.74) is 6.54. The SMILES string of the molecule is CCN(Cc1cccc(N)c1)C(=O)C(F)(F)F.